The molecule has 4 N–H and O–H groups in total. The minimum atomic E-state index is -1.35. The molecule has 10 heteroatoms. The third-order valence-corrected chi connectivity index (χ3v) is 6.21. The van der Waals surface area contributed by atoms with Gasteiger partial charge < -0.3 is 10.2 Å². The normalized spacial score (nSPS) is 20.5. The highest BCUT2D eigenvalue weighted by Gasteiger charge is 2.41. The molecule has 1 fully saturated rings. The largest absolute Gasteiger partial charge is 0.343 e. The third-order valence-electron chi connectivity index (χ3n) is 6.21. The van der Waals surface area contributed by atoms with Crippen LogP contribution in [-0.2, 0) is 9.59 Å². The van der Waals surface area contributed by atoms with Crippen molar-refractivity contribution < 1.29 is 28.2 Å². The summed E-state index contributed by atoms with van der Waals surface area (Å²) in [7, 11) is 0. The first-order chi connectivity index (χ1) is 16.7. The van der Waals surface area contributed by atoms with Crippen molar-refractivity contribution in [2.24, 2.45) is 0 Å². The molecule has 2 heterocycles. The first kappa shape index (κ1) is 24.7. The van der Waals surface area contributed by atoms with E-state index in [4.69, 9.17) is 0 Å². The standard InChI is InChI=1S/C25H28F3N5O2/c1-15(2)23-19(27)10-17(11-20(23)28)24(16-6-4-3-5-7-16)30-25(35)21-12-18(26)13-33(21)22(34)14-32-9-8-29-31-32/h3-11,15,18,21,24,29,31H,12-14H2,1-2H3,(H,30,35)/p+1/t18-,21+,24?/m1/s1. The summed E-state index contributed by atoms with van der Waals surface area (Å²) >= 11 is 0. The molecule has 2 aromatic rings. The fraction of sp³-hybridized carbons (Fsp3) is 0.360. The topological polar surface area (TPSA) is 81.3 Å². The number of quaternary nitrogens is 1. The highest BCUT2D eigenvalue weighted by atomic mass is 19.1. The molecule has 0 aliphatic carbocycles. The Bertz CT molecular complexity index is 1090. The van der Waals surface area contributed by atoms with Crippen LogP contribution in [-0.4, -0.2) is 47.0 Å². The number of rotatable bonds is 7. The number of hydrazine groups is 1. The van der Waals surface area contributed by atoms with Gasteiger partial charge in [0.15, 0.2) is 0 Å². The zero-order valence-corrected chi connectivity index (χ0v) is 19.5. The lowest BCUT2D eigenvalue weighted by Crippen LogP contribution is -2.87. The lowest BCUT2D eigenvalue weighted by atomic mass is 9.93. The molecular weight excluding hydrogens is 459 g/mol. The van der Waals surface area contributed by atoms with Crippen LogP contribution in [0.4, 0.5) is 13.2 Å². The lowest BCUT2D eigenvalue weighted by Gasteiger charge is -2.28. The molecule has 0 aromatic heterocycles. The number of benzene rings is 2. The molecule has 0 bridgehead atoms. The summed E-state index contributed by atoms with van der Waals surface area (Å²) < 4.78 is 44.0. The smallest absolute Gasteiger partial charge is 0.244 e. The van der Waals surface area contributed by atoms with Gasteiger partial charge in [0.1, 0.15) is 36.6 Å². The molecule has 0 radical (unpaired) electrons. The second-order valence-electron chi connectivity index (χ2n) is 9.07. The molecule has 2 aliphatic rings. The minimum Gasteiger partial charge on any atom is -0.343 e. The maximum atomic E-state index is 14.8. The average molecular weight is 489 g/mol. The summed E-state index contributed by atoms with van der Waals surface area (Å²) in [6, 6.07) is 9.26. The van der Waals surface area contributed by atoms with Gasteiger partial charge in [-0.2, -0.15) is 0 Å². The molecule has 2 aromatic carbocycles. The van der Waals surface area contributed by atoms with Gasteiger partial charge in [-0.3, -0.25) is 14.6 Å². The number of hydrogen-bond acceptors (Lipinski definition) is 4. The monoisotopic (exact) mass is 488 g/mol. The summed E-state index contributed by atoms with van der Waals surface area (Å²) in [5, 5.41) is 4.34. The van der Waals surface area contributed by atoms with Crippen molar-refractivity contribution in [1.82, 2.24) is 20.8 Å². The summed E-state index contributed by atoms with van der Waals surface area (Å²) in [6.07, 6.45) is 1.88. The van der Waals surface area contributed by atoms with E-state index in [2.05, 4.69) is 10.9 Å². The number of likely N-dealkylation sites (tertiary alicyclic amines) is 1. The molecular formula is C25H29F3N5O2+. The average Bonchev–Trinajstić information content (AvgIpc) is 3.46. The minimum absolute atomic E-state index is 0.0264. The van der Waals surface area contributed by atoms with Crippen molar-refractivity contribution in [2.75, 3.05) is 13.1 Å². The van der Waals surface area contributed by atoms with Gasteiger partial charge >= 0.3 is 0 Å². The van der Waals surface area contributed by atoms with Crippen LogP contribution in [0.15, 0.2) is 54.9 Å². The van der Waals surface area contributed by atoms with Crippen molar-refractivity contribution in [3.63, 3.8) is 0 Å². The van der Waals surface area contributed by atoms with Crippen molar-refractivity contribution in [1.29, 1.82) is 0 Å². The van der Waals surface area contributed by atoms with Gasteiger partial charge in [0.05, 0.1) is 18.8 Å². The van der Waals surface area contributed by atoms with Gasteiger partial charge in [-0.25, -0.2) is 18.6 Å². The SMILES string of the molecule is CC(C)c1c(F)cc(C(NC(=O)[C@@H]2C[C@@H](F)CN2C(=O)CN2C=C[NH2+]N2)c2ccccc2)cc1F. The number of hydrogen-bond donors (Lipinski definition) is 3. The number of alkyl halides is 1. The van der Waals surface area contributed by atoms with Crippen LogP contribution in [0.5, 0.6) is 0 Å². The van der Waals surface area contributed by atoms with E-state index in [-0.39, 0.29) is 36.6 Å². The molecule has 2 amide bonds. The van der Waals surface area contributed by atoms with E-state index < -0.39 is 41.7 Å². The van der Waals surface area contributed by atoms with Crippen LogP contribution < -0.4 is 16.3 Å². The number of nitrogens with one attached hydrogen (secondary N) is 2. The number of halogens is 3. The second kappa shape index (κ2) is 10.5. The van der Waals surface area contributed by atoms with Crippen LogP contribution in [0, 0.1) is 11.6 Å². The van der Waals surface area contributed by atoms with E-state index >= 15 is 0 Å². The van der Waals surface area contributed by atoms with Gasteiger partial charge in [0, 0.05) is 12.0 Å². The number of amides is 2. The van der Waals surface area contributed by atoms with E-state index in [1.807, 2.05) is 0 Å². The van der Waals surface area contributed by atoms with E-state index in [0.29, 0.717) is 5.56 Å². The van der Waals surface area contributed by atoms with Gasteiger partial charge in [-0.15, -0.1) is 0 Å². The fourth-order valence-corrected chi connectivity index (χ4v) is 4.54. The lowest BCUT2D eigenvalue weighted by molar-refractivity contribution is -0.660. The Hall–Kier alpha value is -3.37. The van der Waals surface area contributed by atoms with Gasteiger partial charge in [-0.1, -0.05) is 49.7 Å². The maximum absolute atomic E-state index is 14.8. The molecule has 3 atom stereocenters. The number of nitrogens with two attached hydrogens (primary N) is 1. The van der Waals surface area contributed by atoms with Crippen molar-refractivity contribution in [3.05, 3.63) is 83.2 Å². The van der Waals surface area contributed by atoms with Gasteiger partial charge in [0.25, 0.3) is 0 Å². The summed E-state index contributed by atoms with van der Waals surface area (Å²) in [5.41, 5.74) is 5.29. The fourth-order valence-electron chi connectivity index (χ4n) is 4.54. The summed E-state index contributed by atoms with van der Waals surface area (Å²) in [4.78, 5) is 27.4. The van der Waals surface area contributed by atoms with Crippen LogP contribution in [0.2, 0.25) is 0 Å². The van der Waals surface area contributed by atoms with Crippen LogP contribution in [0.25, 0.3) is 0 Å². The molecule has 186 valence electrons. The molecule has 1 saturated heterocycles. The molecule has 0 saturated carbocycles. The van der Waals surface area contributed by atoms with Crippen molar-refractivity contribution >= 4 is 11.8 Å². The molecule has 35 heavy (non-hydrogen) atoms. The van der Waals surface area contributed by atoms with Gasteiger partial charge in [0.2, 0.25) is 11.8 Å². The van der Waals surface area contributed by atoms with Crippen molar-refractivity contribution in [2.45, 2.75) is 44.4 Å². The van der Waals surface area contributed by atoms with E-state index in [1.54, 1.807) is 62.0 Å². The Morgan fingerprint density at radius 2 is 1.83 bits per heavy atom. The summed E-state index contributed by atoms with van der Waals surface area (Å²) in [6.45, 7) is 3.13. The Labute approximate surface area is 201 Å². The van der Waals surface area contributed by atoms with Crippen molar-refractivity contribution in [3.8, 4) is 0 Å². The third kappa shape index (κ3) is 5.49. The zero-order chi connectivity index (χ0) is 25.1. The Balaban J connectivity index is 1.60. The Morgan fingerprint density at radius 1 is 1.14 bits per heavy atom. The highest BCUT2D eigenvalue weighted by molar-refractivity contribution is 5.89. The van der Waals surface area contributed by atoms with E-state index in [1.165, 1.54) is 22.0 Å². The Morgan fingerprint density at radius 3 is 2.43 bits per heavy atom. The molecule has 0 spiro atoms. The van der Waals surface area contributed by atoms with E-state index in [0.717, 1.165) is 0 Å². The first-order valence-electron chi connectivity index (χ1n) is 11.5. The second-order valence-corrected chi connectivity index (χ2v) is 9.07. The molecule has 1 unspecified atom stereocenters. The quantitative estimate of drug-likeness (QED) is 0.521. The number of carbonyl (C=O) groups excluding carboxylic acids is 2. The Kier molecular flexibility index (Phi) is 7.42. The number of nitrogens with zero attached hydrogens (tertiary/aromatic N) is 2. The van der Waals surface area contributed by atoms with Gasteiger partial charge in [-0.05, 0) is 29.2 Å². The molecule has 7 nitrogen and oxygen atoms in total. The van der Waals surface area contributed by atoms with Crippen LogP contribution in [0.3, 0.4) is 0 Å². The zero-order valence-electron chi connectivity index (χ0n) is 19.5. The predicted octanol–water partition coefficient (Wildman–Crippen LogP) is 2.00. The highest BCUT2D eigenvalue weighted by Crippen LogP contribution is 2.30. The maximum Gasteiger partial charge on any atom is 0.244 e. The van der Waals surface area contributed by atoms with Crippen LogP contribution in [0.1, 0.15) is 48.9 Å². The predicted molar refractivity (Wildman–Crippen MR) is 123 cm³/mol. The molecule has 2 aliphatic heterocycles. The molecule has 4 rings (SSSR count). The van der Waals surface area contributed by atoms with Crippen LogP contribution >= 0.6 is 0 Å². The summed E-state index contributed by atoms with van der Waals surface area (Å²) in [5.74, 6) is -2.75. The van der Waals surface area contributed by atoms with E-state index in [9.17, 15) is 22.8 Å². The number of carbonyl (C=O) groups is 2. The first-order valence-corrected chi connectivity index (χ1v) is 11.5.